The number of nitriles is 1. The highest BCUT2D eigenvalue weighted by Crippen LogP contribution is 2.27. The van der Waals surface area contributed by atoms with Crippen molar-refractivity contribution in [1.82, 2.24) is 0 Å². The summed E-state index contributed by atoms with van der Waals surface area (Å²) in [5, 5.41) is 18.5. The van der Waals surface area contributed by atoms with Gasteiger partial charge in [-0.15, -0.1) is 0 Å². The lowest BCUT2D eigenvalue weighted by Gasteiger charge is -2.27. The summed E-state index contributed by atoms with van der Waals surface area (Å²) in [5.74, 6) is -0.542. The summed E-state index contributed by atoms with van der Waals surface area (Å²) in [4.78, 5) is 13.7. The van der Waals surface area contributed by atoms with E-state index in [0.717, 1.165) is 5.69 Å². The van der Waals surface area contributed by atoms with Crippen molar-refractivity contribution >= 4 is 11.6 Å². The predicted octanol–water partition coefficient (Wildman–Crippen LogP) is 3.06. The number of rotatable bonds is 1. The molecule has 0 spiro atoms. The monoisotopic (exact) mass is 270 g/mol. The van der Waals surface area contributed by atoms with E-state index in [0.29, 0.717) is 13.0 Å². The number of carbonyl (C=O) groups is 1. The Kier molecular flexibility index (Phi) is 3.54. The average Bonchev–Trinajstić information content (AvgIpc) is 2.38. The van der Waals surface area contributed by atoms with Gasteiger partial charge in [0.15, 0.2) is 5.57 Å². The van der Waals surface area contributed by atoms with Crippen molar-refractivity contribution in [1.29, 1.82) is 5.26 Å². The van der Waals surface area contributed by atoms with Crippen LogP contribution in [0.3, 0.4) is 0 Å². The zero-order valence-electron chi connectivity index (χ0n) is 12.0. The third-order valence-electron chi connectivity index (χ3n) is 3.48. The first kappa shape index (κ1) is 14.1. The second kappa shape index (κ2) is 5.01. The van der Waals surface area contributed by atoms with Crippen LogP contribution in [0.5, 0.6) is 0 Å². The lowest BCUT2D eigenvalue weighted by atomic mass is 9.87. The van der Waals surface area contributed by atoms with E-state index < -0.39 is 5.91 Å². The van der Waals surface area contributed by atoms with Crippen molar-refractivity contribution in [2.75, 3.05) is 11.4 Å². The molecule has 2 rings (SSSR count). The number of amides is 1. The quantitative estimate of drug-likeness (QED) is 0.853. The van der Waals surface area contributed by atoms with E-state index in [2.05, 4.69) is 20.8 Å². The number of benzene rings is 1. The Morgan fingerprint density at radius 3 is 2.35 bits per heavy atom. The van der Waals surface area contributed by atoms with Gasteiger partial charge in [-0.3, -0.25) is 4.79 Å². The van der Waals surface area contributed by atoms with Gasteiger partial charge >= 0.3 is 0 Å². The van der Waals surface area contributed by atoms with Gasteiger partial charge in [-0.25, -0.2) is 0 Å². The highest BCUT2D eigenvalue weighted by atomic mass is 16.3. The maximum atomic E-state index is 12.1. The van der Waals surface area contributed by atoms with Crippen molar-refractivity contribution in [2.24, 2.45) is 0 Å². The third-order valence-corrected chi connectivity index (χ3v) is 3.48. The lowest BCUT2D eigenvalue weighted by molar-refractivity contribution is -0.115. The molecule has 0 saturated carbocycles. The van der Waals surface area contributed by atoms with Crippen molar-refractivity contribution in [3.8, 4) is 6.07 Å². The van der Waals surface area contributed by atoms with Crippen molar-refractivity contribution in [3.05, 3.63) is 41.2 Å². The van der Waals surface area contributed by atoms with Crippen molar-refractivity contribution in [3.63, 3.8) is 0 Å². The molecule has 0 aliphatic carbocycles. The Hall–Kier alpha value is -2.28. The molecule has 1 aromatic carbocycles. The Labute approximate surface area is 118 Å². The van der Waals surface area contributed by atoms with E-state index in [1.165, 1.54) is 10.5 Å². The standard InChI is InChI=1S/C16H18N2O2/c1-16(2,3)11-4-6-12(7-5-11)18-9-8-14(19)13(10-17)15(18)20/h4-7,19H,8-9H2,1-3H3. The van der Waals surface area contributed by atoms with Crippen LogP contribution < -0.4 is 4.90 Å². The van der Waals surface area contributed by atoms with Crippen molar-refractivity contribution < 1.29 is 9.90 Å². The maximum absolute atomic E-state index is 12.1. The second-order valence-corrected chi connectivity index (χ2v) is 5.94. The first-order valence-electron chi connectivity index (χ1n) is 6.59. The molecule has 1 heterocycles. The topological polar surface area (TPSA) is 64.3 Å². The zero-order chi connectivity index (χ0) is 14.9. The fraction of sp³-hybridized carbons (Fsp3) is 0.375. The molecule has 0 saturated heterocycles. The Bertz CT molecular complexity index is 601. The number of aliphatic hydroxyl groups excluding tert-OH is 1. The molecule has 4 heteroatoms. The van der Waals surface area contributed by atoms with Crippen LogP contribution in [0.4, 0.5) is 5.69 Å². The smallest absolute Gasteiger partial charge is 0.272 e. The Morgan fingerprint density at radius 1 is 1.25 bits per heavy atom. The molecule has 1 N–H and O–H groups in total. The summed E-state index contributed by atoms with van der Waals surface area (Å²) in [6, 6.07) is 9.53. The largest absolute Gasteiger partial charge is 0.511 e. The molecule has 1 aliphatic heterocycles. The molecule has 20 heavy (non-hydrogen) atoms. The molecule has 0 bridgehead atoms. The normalized spacial score (nSPS) is 16.3. The van der Waals surface area contributed by atoms with E-state index in [9.17, 15) is 9.90 Å². The minimum atomic E-state index is -0.431. The minimum absolute atomic E-state index is 0.0560. The molecule has 0 radical (unpaired) electrons. The first-order chi connectivity index (χ1) is 9.34. The van der Waals surface area contributed by atoms with Crippen LogP contribution in [0, 0.1) is 11.3 Å². The number of carbonyl (C=O) groups excluding carboxylic acids is 1. The molecular formula is C16H18N2O2. The van der Waals surface area contributed by atoms with Gasteiger partial charge in [0.1, 0.15) is 11.8 Å². The number of anilines is 1. The summed E-state index contributed by atoms with van der Waals surface area (Å²) < 4.78 is 0. The Morgan fingerprint density at radius 2 is 1.85 bits per heavy atom. The molecule has 0 fully saturated rings. The fourth-order valence-corrected chi connectivity index (χ4v) is 2.20. The van der Waals surface area contributed by atoms with Crippen LogP contribution in [-0.4, -0.2) is 17.6 Å². The van der Waals surface area contributed by atoms with Gasteiger partial charge in [-0.05, 0) is 23.1 Å². The molecule has 1 aromatic rings. The highest BCUT2D eigenvalue weighted by molar-refractivity contribution is 6.09. The third kappa shape index (κ3) is 2.53. The molecule has 0 atom stereocenters. The number of hydrogen-bond acceptors (Lipinski definition) is 3. The summed E-state index contributed by atoms with van der Waals surface area (Å²) >= 11 is 0. The van der Waals surface area contributed by atoms with E-state index in [4.69, 9.17) is 5.26 Å². The van der Waals surface area contributed by atoms with E-state index in [1.807, 2.05) is 24.3 Å². The van der Waals surface area contributed by atoms with Crippen LogP contribution in [0.1, 0.15) is 32.8 Å². The van der Waals surface area contributed by atoms with E-state index in [-0.39, 0.29) is 16.7 Å². The fourth-order valence-electron chi connectivity index (χ4n) is 2.20. The van der Waals surface area contributed by atoms with Crippen LogP contribution in [0.2, 0.25) is 0 Å². The molecular weight excluding hydrogens is 252 g/mol. The number of nitrogens with zero attached hydrogens (tertiary/aromatic N) is 2. The zero-order valence-corrected chi connectivity index (χ0v) is 12.0. The van der Waals surface area contributed by atoms with Gasteiger partial charge in [0, 0.05) is 18.7 Å². The van der Waals surface area contributed by atoms with Crippen LogP contribution in [0.15, 0.2) is 35.6 Å². The van der Waals surface area contributed by atoms with Crippen molar-refractivity contribution in [2.45, 2.75) is 32.6 Å². The minimum Gasteiger partial charge on any atom is -0.511 e. The summed E-state index contributed by atoms with van der Waals surface area (Å²) in [5.41, 5.74) is 1.84. The van der Waals surface area contributed by atoms with Gasteiger partial charge in [-0.2, -0.15) is 5.26 Å². The van der Waals surface area contributed by atoms with Gasteiger partial charge in [0.25, 0.3) is 5.91 Å². The van der Waals surface area contributed by atoms with Gasteiger partial charge in [0.2, 0.25) is 0 Å². The van der Waals surface area contributed by atoms with E-state index >= 15 is 0 Å². The average molecular weight is 270 g/mol. The summed E-state index contributed by atoms with van der Waals surface area (Å²) in [6.45, 7) is 6.78. The molecule has 1 aliphatic rings. The first-order valence-corrected chi connectivity index (χ1v) is 6.59. The van der Waals surface area contributed by atoms with Gasteiger partial charge in [-0.1, -0.05) is 32.9 Å². The maximum Gasteiger partial charge on any atom is 0.272 e. The van der Waals surface area contributed by atoms with Crippen LogP contribution in [0.25, 0.3) is 0 Å². The van der Waals surface area contributed by atoms with Crippen LogP contribution >= 0.6 is 0 Å². The molecule has 104 valence electrons. The summed E-state index contributed by atoms with van der Waals surface area (Å²) in [7, 11) is 0. The second-order valence-electron chi connectivity index (χ2n) is 5.94. The molecule has 1 amide bonds. The Balaban J connectivity index is 2.30. The van der Waals surface area contributed by atoms with Gasteiger partial charge < -0.3 is 10.0 Å². The number of aliphatic hydroxyl groups is 1. The van der Waals surface area contributed by atoms with Gasteiger partial charge in [0.05, 0.1) is 0 Å². The lowest BCUT2D eigenvalue weighted by Crippen LogP contribution is -2.37. The summed E-state index contributed by atoms with van der Waals surface area (Å²) in [6.07, 6.45) is 0.315. The van der Waals surface area contributed by atoms with E-state index in [1.54, 1.807) is 6.07 Å². The number of hydrogen-bond donors (Lipinski definition) is 1. The van der Waals surface area contributed by atoms with Crippen LogP contribution in [-0.2, 0) is 10.2 Å². The highest BCUT2D eigenvalue weighted by Gasteiger charge is 2.28. The molecule has 0 unspecified atom stereocenters. The predicted molar refractivity (Wildman–Crippen MR) is 77.4 cm³/mol. The molecule has 4 nitrogen and oxygen atoms in total. The molecule has 0 aromatic heterocycles. The SMILES string of the molecule is CC(C)(C)c1ccc(N2CCC(O)=C(C#N)C2=O)cc1.